The zero-order valence-electron chi connectivity index (χ0n) is 14.5. The van der Waals surface area contributed by atoms with Crippen LogP contribution in [0, 0.1) is 6.92 Å². The molecule has 0 atom stereocenters. The van der Waals surface area contributed by atoms with Gasteiger partial charge in [0.2, 0.25) is 0 Å². The van der Waals surface area contributed by atoms with Crippen molar-refractivity contribution >= 4 is 27.6 Å². The van der Waals surface area contributed by atoms with E-state index in [2.05, 4.69) is 11.4 Å². The number of ether oxygens (including phenoxy) is 1. The molecular formula is C22H19NO3. The predicted molar refractivity (Wildman–Crippen MR) is 103 cm³/mol. The Hall–Kier alpha value is -3.27. The minimum absolute atomic E-state index is 0.223. The van der Waals surface area contributed by atoms with E-state index in [1.165, 1.54) is 0 Å². The van der Waals surface area contributed by atoms with Gasteiger partial charge in [-0.3, -0.25) is 4.79 Å². The first-order valence-electron chi connectivity index (χ1n) is 8.61. The third-order valence-electron chi connectivity index (χ3n) is 4.43. The molecule has 0 saturated heterocycles. The van der Waals surface area contributed by atoms with Crippen molar-refractivity contribution in [2.45, 2.75) is 6.92 Å². The molecule has 26 heavy (non-hydrogen) atoms. The number of hydrogen-bond acceptors (Lipinski definition) is 3. The summed E-state index contributed by atoms with van der Waals surface area (Å²) in [6, 6.07) is 21.6. The molecule has 0 fully saturated rings. The van der Waals surface area contributed by atoms with Crippen LogP contribution in [0.2, 0.25) is 0 Å². The first-order valence-corrected chi connectivity index (χ1v) is 8.61. The molecule has 1 heterocycles. The van der Waals surface area contributed by atoms with Gasteiger partial charge in [0, 0.05) is 16.3 Å². The maximum absolute atomic E-state index is 12.5. The average Bonchev–Trinajstić information content (AvgIpc) is 3.03. The van der Waals surface area contributed by atoms with Crippen molar-refractivity contribution in [3.05, 3.63) is 78.1 Å². The van der Waals surface area contributed by atoms with Crippen LogP contribution in [0.4, 0.5) is 0 Å². The highest BCUT2D eigenvalue weighted by Gasteiger charge is 2.18. The number of furan rings is 1. The van der Waals surface area contributed by atoms with Crippen molar-refractivity contribution in [1.82, 2.24) is 5.32 Å². The van der Waals surface area contributed by atoms with Crippen molar-refractivity contribution in [2.75, 3.05) is 13.2 Å². The van der Waals surface area contributed by atoms with Gasteiger partial charge in [0.05, 0.1) is 6.54 Å². The Labute approximate surface area is 151 Å². The third-order valence-corrected chi connectivity index (χ3v) is 4.43. The van der Waals surface area contributed by atoms with Gasteiger partial charge in [-0.1, -0.05) is 54.6 Å². The number of hydrogen-bond donors (Lipinski definition) is 1. The number of amides is 1. The molecule has 130 valence electrons. The number of aryl methyl sites for hydroxylation is 1. The van der Waals surface area contributed by atoms with Crippen molar-refractivity contribution in [3.8, 4) is 5.75 Å². The highest BCUT2D eigenvalue weighted by Crippen LogP contribution is 2.31. The molecule has 0 aliphatic rings. The van der Waals surface area contributed by atoms with E-state index in [-0.39, 0.29) is 5.91 Å². The lowest BCUT2D eigenvalue weighted by Crippen LogP contribution is -2.28. The standard InChI is InChI=1S/C22H19NO3/c1-15-18-12-11-16-7-5-6-10-19(16)21(18)26-20(15)22(24)23-13-14-25-17-8-3-2-4-9-17/h2-12H,13-14H2,1H3,(H,23,24). The second-order valence-electron chi connectivity index (χ2n) is 6.14. The Morgan fingerprint density at radius 1 is 0.962 bits per heavy atom. The molecule has 0 bridgehead atoms. The zero-order chi connectivity index (χ0) is 17.9. The largest absolute Gasteiger partial charge is 0.492 e. The van der Waals surface area contributed by atoms with Gasteiger partial charge >= 0.3 is 0 Å². The molecule has 0 saturated carbocycles. The smallest absolute Gasteiger partial charge is 0.287 e. The lowest BCUT2D eigenvalue weighted by molar-refractivity contribution is 0.0920. The quantitative estimate of drug-likeness (QED) is 0.533. The van der Waals surface area contributed by atoms with Crippen LogP contribution in [0.25, 0.3) is 21.7 Å². The number of carbonyl (C=O) groups is 1. The number of rotatable bonds is 5. The molecule has 1 aromatic heterocycles. The average molecular weight is 345 g/mol. The summed E-state index contributed by atoms with van der Waals surface area (Å²) in [5.74, 6) is 0.920. The fourth-order valence-electron chi connectivity index (χ4n) is 3.10. The molecule has 3 aromatic carbocycles. The van der Waals surface area contributed by atoms with Crippen molar-refractivity contribution in [1.29, 1.82) is 0 Å². The number of nitrogens with one attached hydrogen (secondary N) is 1. The molecule has 1 N–H and O–H groups in total. The number of carbonyl (C=O) groups excluding carboxylic acids is 1. The van der Waals surface area contributed by atoms with Gasteiger partial charge < -0.3 is 14.5 Å². The summed E-state index contributed by atoms with van der Waals surface area (Å²) in [4.78, 5) is 12.5. The second kappa shape index (κ2) is 6.92. The number of benzene rings is 3. The van der Waals surface area contributed by atoms with Gasteiger partial charge in [-0.25, -0.2) is 0 Å². The molecule has 0 spiro atoms. The Bertz CT molecular complexity index is 1070. The SMILES string of the molecule is Cc1c(C(=O)NCCOc2ccccc2)oc2c1ccc1ccccc12. The van der Waals surface area contributed by atoms with Crippen LogP contribution in [0.3, 0.4) is 0 Å². The van der Waals surface area contributed by atoms with E-state index in [9.17, 15) is 4.79 Å². The summed E-state index contributed by atoms with van der Waals surface area (Å²) in [6.07, 6.45) is 0. The van der Waals surface area contributed by atoms with Crippen LogP contribution in [0.1, 0.15) is 16.1 Å². The first kappa shape index (κ1) is 16.2. The summed E-state index contributed by atoms with van der Waals surface area (Å²) in [7, 11) is 0. The summed E-state index contributed by atoms with van der Waals surface area (Å²) < 4.78 is 11.5. The van der Waals surface area contributed by atoms with Crippen molar-refractivity contribution in [2.24, 2.45) is 0 Å². The van der Waals surface area contributed by atoms with Crippen LogP contribution in [-0.4, -0.2) is 19.1 Å². The third kappa shape index (κ3) is 3.02. The molecule has 4 nitrogen and oxygen atoms in total. The molecule has 4 heteroatoms. The van der Waals surface area contributed by atoms with E-state index >= 15 is 0 Å². The molecule has 0 unspecified atom stereocenters. The Morgan fingerprint density at radius 3 is 2.58 bits per heavy atom. The van der Waals surface area contributed by atoms with Gasteiger partial charge in [-0.2, -0.15) is 0 Å². The fraction of sp³-hybridized carbons (Fsp3) is 0.136. The lowest BCUT2D eigenvalue weighted by Gasteiger charge is -2.06. The highest BCUT2D eigenvalue weighted by atomic mass is 16.5. The van der Waals surface area contributed by atoms with Gasteiger partial charge in [0.25, 0.3) is 5.91 Å². The Morgan fingerprint density at radius 2 is 1.73 bits per heavy atom. The van der Waals surface area contributed by atoms with Crippen molar-refractivity contribution in [3.63, 3.8) is 0 Å². The van der Waals surface area contributed by atoms with Crippen LogP contribution in [0.5, 0.6) is 5.75 Å². The van der Waals surface area contributed by atoms with Crippen LogP contribution in [-0.2, 0) is 0 Å². The second-order valence-corrected chi connectivity index (χ2v) is 6.14. The van der Waals surface area contributed by atoms with Crippen LogP contribution in [0.15, 0.2) is 71.1 Å². The molecule has 0 aliphatic carbocycles. The lowest BCUT2D eigenvalue weighted by atomic mass is 10.1. The molecule has 4 rings (SSSR count). The van der Waals surface area contributed by atoms with E-state index in [1.807, 2.05) is 67.6 Å². The predicted octanol–water partition coefficient (Wildman–Crippen LogP) is 4.70. The normalized spacial score (nSPS) is 11.0. The summed E-state index contributed by atoms with van der Waals surface area (Å²) in [6.45, 7) is 2.72. The van der Waals surface area contributed by atoms with Crippen LogP contribution >= 0.6 is 0 Å². The summed E-state index contributed by atoms with van der Waals surface area (Å²) >= 11 is 0. The first-order chi connectivity index (χ1) is 12.7. The maximum atomic E-state index is 12.5. The summed E-state index contributed by atoms with van der Waals surface area (Å²) in [5.41, 5.74) is 1.61. The minimum Gasteiger partial charge on any atom is -0.492 e. The Balaban J connectivity index is 1.50. The zero-order valence-corrected chi connectivity index (χ0v) is 14.5. The van der Waals surface area contributed by atoms with E-state index in [1.54, 1.807) is 0 Å². The number of fused-ring (bicyclic) bond motifs is 3. The molecule has 1 amide bonds. The topological polar surface area (TPSA) is 51.5 Å². The van der Waals surface area contributed by atoms with Gasteiger partial charge in [0.1, 0.15) is 17.9 Å². The monoisotopic (exact) mass is 345 g/mol. The van der Waals surface area contributed by atoms with Gasteiger partial charge in [0.15, 0.2) is 5.76 Å². The van der Waals surface area contributed by atoms with E-state index in [0.717, 1.165) is 33.1 Å². The van der Waals surface area contributed by atoms with Crippen LogP contribution < -0.4 is 10.1 Å². The fourth-order valence-corrected chi connectivity index (χ4v) is 3.10. The Kier molecular flexibility index (Phi) is 4.32. The van der Waals surface area contributed by atoms with Gasteiger partial charge in [-0.15, -0.1) is 0 Å². The van der Waals surface area contributed by atoms with E-state index < -0.39 is 0 Å². The number of para-hydroxylation sites is 1. The van der Waals surface area contributed by atoms with Crippen molar-refractivity contribution < 1.29 is 13.9 Å². The molecular weight excluding hydrogens is 326 g/mol. The van der Waals surface area contributed by atoms with Gasteiger partial charge in [-0.05, 0) is 24.4 Å². The maximum Gasteiger partial charge on any atom is 0.287 e. The summed E-state index contributed by atoms with van der Waals surface area (Å²) in [5, 5.41) is 5.94. The molecule has 4 aromatic rings. The highest BCUT2D eigenvalue weighted by molar-refractivity contribution is 6.08. The molecule has 0 aliphatic heterocycles. The van der Waals surface area contributed by atoms with E-state index in [4.69, 9.17) is 9.15 Å². The van der Waals surface area contributed by atoms with E-state index in [0.29, 0.717) is 18.9 Å². The minimum atomic E-state index is -0.223. The molecule has 0 radical (unpaired) electrons.